The number of carbonyl (C=O) groups is 5. The molecule has 312 valence electrons. The number of nitrogens with one attached hydrogen (secondary N) is 5. The van der Waals surface area contributed by atoms with Gasteiger partial charge in [-0.2, -0.15) is 5.10 Å². The summed E-state index contributed by atoms with van der Waals surface area (Å²) < 4.78 is 5.42. The minimum Gasteiger partial charge on any atom is -0.444 e. The van der Waals surface area contributed by atoms with Crippen molar-refractivity contribution in [3.8, 4) is 0 Å². The molecule has 0 radical (unpaired) electrons. The highest BCUT2D eigenvalue weighted by Crippen LogP contribution is 2.37. The van der Waals surface area contributed by atoms with E-state index < -0.39 is 53.1 Å². The Hall–Kier alpha value is -6.30. The summed E-state index contributed by atoms with van der Waals surface area (Å²) in [7, 11) is 0. The van der Waals surface area contributed by atoms with E-state index in [0.29, 0.717) is 5.71 Å². The van der Waals surface area contributed by atoms with Crippen LogP contribution in [0.3, 0.4) is 0 Å². The zero-order chi connectivity index (χ0) is 43.0. The Morgan fingerprint density at radius 2 is 1.07 bits per heavy atom. The first kappa shape index (κ1) is 45.4. The molecule has 12 nitrogen and oxygen atoms in total. The van der Waals surface area contributed by atoms with Gasteiger partial charge in [0.05, 0.1) is 0 Å². The number of rotatable bonds is 18. The lowest BCUT2D eigenvalue weighted by Gasteiger charge is -2.37. The number of hydrogen-bond acceptors (Lipinski definition) is 7. The van der Waals surface area contributed by atoms with E-state index in [1.807, 2.05) is 135 Å². The molecule has 5 N–H and O–H groups in total. The molecule has 4 aromatic carbocycles. The maximum Gasteiger partial charge on any atom is 0.408 e. The van der Waals surface area contributed by atoms with Gasteiger partial charge in [0.2, 0.25) is 17.7 Å². The third-order valence-corrected chi connectivity index (χ3v) is 9.26. The van der Waals surface area contributed by atoms with Gasteiger partial charge in [0.25, 0.3) is 5.91 Å². The maximum atomic E-state index is 14.3. The van der Waals surface area contributed by atoms with Crippen LogP contribution in [0.5, 0.6) is 0 Å². The molecular formula is C47H58N6O6. The highest BCUT2D eigenvalue weighted by atomic mass is 16.6. The molecule has 0 unspecified atom stereocenters. The molecule has 0 aliphatic rings. The lowest BCUT2D eigenvalue weighted by atomic mass is 9.77. The van der Waals surface area contributed by atoms with Crippen molar-refractivity contribution in [2.75, 3.05) is 0 Å². The quantitative estimate of drug-likeness (QED) is 0.0436. The van der Waals surface area contributed by atoms with E-state index in [1.165, 1.54) is 0 Å². The lowest BCUT2D eigenvalue weighted by molar-refractivity contribution is -0.133. The molecule has 4 aromatic rings. The van der Waals surface area contributed by atoms with Crippen LogP contribution in [0, 0.1) is 5.92 Å². The zero-order valence-electron chi connectivity index (χ0n) is 35.1. The molecule has 0 saturated heterocycles. The van der Waals surface area contributed by atoms with Crippen molar-refractivity contribution in [1.82, 2.24) is 26.7 Å². The molecule has 0 bridgehead atoms. The van der Waals surface area contributed by atoms with E-state index in [9.17, 15) is 24.0 Å². The number of amides is 5. The standard InChI is InChI=1S/C47H58N6O6/c1-32(2)30-39(50-45(58)59-46(5,6)7)42(55)49-40(31-34-20-12-8-13-21-34)43(56)48-38(44(57)53-52-33(3)4)28-29-41(54)51-47(35-22-14-9-15-23-35,36-24-16-10-17-25-36)37-26-18-11-19-27-37/h8-27,32,38-40H,28-31H2,1-7H3,(H,48,56)(H,49,55)(H,50,58)(H,51,54)(H,53,57)/t38-,39-,40-/m1/s1. The van der Waals surface area contributed by atoms with Gasteiger partial charge in [0, 0.05) is 18.6 Å². The third kappa shape index (κ3) is 13.9. The van der Waals surface area contributed by atoms with Gasteiger partial charge in [-0.1, -0.05) is 135 Å². The monoisotopic (exact) mass is 802 g/mol. The van der Waals surface area contributed by atoms with Gasteiger partial charge in [-0.3, -0.25) is 19.2 Å². The lowest BCUT2D eigenvalue weighted by Crippen LogP contribution is -2.57. The topological polar surface area (TPSA) is 167 Å². The summed E-state index contributed by atoms with van der Waals surface area (Å²) >= 11 is 0. The molecule has 12 heteroatoms. The number of hydrazone groups is 1. The second-order valence-electron chi connectivity index (χ2n) is 16.1. The molecular weight excluding hydrogens is 745 g/mol. The van der Waals surface area contributed by atoms with Crippen LogP contribution in [-0.4, -0.2) is 59.2 Å². The molecule has 0 aliphatic heterocycles. The minimum absolute atomic E-state index is 0.00768. The fraction of sp³-hybridized carbons (Fsp3) is 0.362. The summed E-state index contributed by atoms with van der Waals surface area (Å²) in [6.07, 6.45) is -0.671. The fourth-order valence-corrected chi connectivity index (χ4v) is 6.60. The number of hydrogen-bond donors (Lipinski definition) is 5. The van der Waals surface area contributed by atoms with Crippen molar-refractivity contribution in [2.45, 2.75) is 103 Å². The predicted molar refractivity (Wildman–Crippen MR) is 230 cm³/mol. The molecule has 4 rings (SSSR count). The third-order valence-electron chi connectivity index (χ3n) is 9.26. The van der Waals surface area contributed by atoms with E-state index >= 15 is 0 Å². The van der Waals surface area contributed by atoms with Crippen LogP contribution >= 0.6 is 0 Å². The SMILES string of the molecule is CC(C)=NNC(=O)[C@@H](CCC(=O)NC(c1ccccc1)(c1ccccc1)c1ccccc1)NC(=O)[C@@H](Cc1ccccc1)NC(=O)[C@@H](CC(C)C)NC(=O)OC(C)(C)C. The average molecular weight is 803 g/mol. The molecule has 59 heavy (non-hydrogen) atoms. The van der Waals surface area contributed by atoms with Crippen LogP contribution in [0.2, 0.25) is 0 Å². The Bertz CT molecular complexity index is 1920. The molecule has 0 heterocycles. The van der Waals surface area contributed by atoms with Crippen LogP contribution in [0.25, 0.3) is 0 Å². The van der Waals surface area contributed by atoms with Gasteiger partial charge in [-0.05, 0) is 75.6 Å². The van der Waals surface area contributed by atoms with Crippen molar-refractivity contribution in [1.29, 1.82) is 0 Å². The smallest absolute Gasteiger partial charge is 0.408 e. The molecule has 0 aromatic heterocycles. The highest BCUT2D eigenvalue weighted by molar-refractivity contribution is 5.94. The molecule has 3 atom stereocenters. The van der Waals surface area contributed by atoms with Crippen molar-refractivity contribution in [3.05, 3.63) is 144 Å². The Morgan fingerprint density at radius 3 is 1.53 bits per heavy atom. The number of ether oxygens (including phenoxy) is 1. The van der Waals surface area contributed by atoms with Crippen molar-refractivity contribution in [2.24, 2.45) is 11.0 Å². The van der Waals surface area contributed by atoms with Crippen LogP contribution in [0.4, 0.5) is 4.79 Å². The summed E-state index contributed by atoms with van der Waals surface area (Å²) in [6.45, 7) is 12.4. The van der Waals surface area contributed by atoms with E-state index in [-0.39, 0.29) is 37.5 Å². The predicted octanol–water partition coefficient (Wildman–Crippen LogP) is 6.54. The first-order valence-electron chi connectivity index (χ1n) is 20.0. The van der Waals surface area contributed by atoms with Crippen LogP contribution in [0.1, 0.15) is 90.0 Å². The second kappa shape index (κ2) is 21.5. The van der Waals surface area contributed by atoms with Crippen molar-refractivity contribution < 1.29 is 28.7 Å². The van der Waals surface area contributed by atoms with Gasteiger partial charge in [-0.25, -0.2) is 10.2 Å². The average Bonchev–Trinajstić information content (AvgIpc) is 3.20. The Kier molecular flexibility index (Phi) is 16.5. The van der Waals surface area contributed by atoms with Crippen molar-refractivity contribution >= 4 is 35.4 Å². The van der Waals surface area contributed by atoms with Gasteiger partial charge >= 0.3 is 6.09 Å². The summed E-state index contributed by atoms with van der Waals surface area (Å²) in [5.41, 5.74) is 4.43. The van der Waals surface area contributed by atoms with Crippen LogP contribution in [0.15, 0.2) is 126 Å². The van der Waals surface area contributed by atoms with Crippen LogP contribution < -0.4 is 26.7 Å². The second-order valence-corrected chi connectivity index (χ2v) is 16.1. The maximum absolute atomic E-state index is 14.3. The molecule has 5 amide bonds. The number of carbonyl (C=O) groups excluding carboxylic acids is 5. The van der Waals surface area contributed by atoms with Crippen molar-refractivity contribution in [3.63, 3.8) is 0 Å². The number of benzene rings is 4. The first-order chi connectivity index (χ1) is 28.1. The van der Waals surface area contributed by atoms with Gasteiger partial charge in [0.1, 0.15) is 29.3 Å². The molecule has 0 fully saturated rings. The van der Waals surface area contributed by atoms with Gasteiger partial charge < -0.3 is 26.0 Å². The molecule has 0 spiro atoms. The summed E-state index contributed by atoms with van der Waals surface area (Å²) in [5.74, 6) is -2.25. The number of nitrogens with zero attached hydrogens (tertiary/aromatic N) is 1. The van der Waals surface area contributed by atoms with E-state index in [0.717, 1.165) is 22.3 Å². The summed E-state index contributed by atoms with van der Waals surface area (Å²) in [4.78, 5) is 68.8. The first-order valence-corrected chi connectivity index (χ1v) is 20.0. The summed E-state index contributed by atoms with van der Waals surface area (Å²) in [5, 5.41) is 15.7. The Balaban J connectivity index is 1.63. The van der Waals surface area contributed by atoms with E-state index in [2.05, 4.69) is 31.8 Å². The van der Waals surface area contributed by atoms with E-state index in [1.54, 1.807) is 34.6 Å². The largest absolute Gasteiger partial charge is 0.444 e. The fourth-order valence-electron chi connectivity index (χ4n) is 6.60. The van der Waals surface area contributed by atoms with Gasteiger partial charge in [-0.15, -0.1) is 0 Å². The number of alkyl carbamates (subject to hydrolysis) is 1. The normalized spacial score (nSPS) is 12.9. The zero-order valence-corrected chi connectivity index (χ0v) is 35.1. The molecule has 0 aliphatic carbocycles. The molecule has 0 saturated carbocycles. The highest BCUT2D eigenvalue weighted by Gasteiger charge is 2.38. The minimum atomic E-state index is -1.22. The van der Waals surface area contributed by atoms with E-state index in [4.69, 9.17) is 4.74 Å². The van der Waals surface area contributed by atoms with Gasteiger partial charge in [0.15, 0.2) is 0 Å². The Labute approximate surface area is 348 Å². The van der Waals surface area contributed by atoms with Crippen LogP contribution in [-0.2, 0) is 35.9 Å². The Morgan fingerprint density at radius 1 is 0.610 bits per heavy atom. The summed E-state index contributed by atoms with van der Waals surface area (Å²) in [6, 6.07) is 34.7.